The van der Waals surface area contributed by atoms with Crippen LogP contribution in [0.2, 0.25) is 0 Å². The number of anilines is 1. The van der Waals surface area contributed by atoms with Gasteiger partial charge in [-0.1, -0.05) is 51.5 Å². The number of unbranched alkanes of at least 4 members (excludes halogenated alkanes) is 1. The number of benzene rings is 2. The normalized spacial score (nSPS) is 18.5. The molecule has 5 amide bonds. The van der Waals surface area contributed by atoms with Crippen LogP contribution in [0.4, 0.5) is 15.3 Å². The average Bonchev–Trinajstić information content (AvgIpc) is 3.45. The molecule has 16 heteroatoms. The Bertz CT molecular complexity index is 2060. The number of ether oxygens (including phenoxy) is 2. The summed E-state index contributed by atoms with van der Waals surface area (Å²) in [5.41, 5.74) is 4.49. The van der Waals surface area contributed by atoms with E-state index in [2.05, 4.69) is 10.2 Å². The number of esters is 1. The predicted molar refractivity (Wildman–Crippen MR) is 226 cm³/mol. The lowest BCUT2D eigenvalue weighted by Gasteiger charge is -2.43. The lowest BCUT2D eigenvalue weighted by atomic mass is 10.0. The van der Waals surface area contributed by atoms with Crippen LogP contribution >= 0.6 is 0 Å². The molecular weight excluding hydrogens is 771 g/mol. The Morgan fingerprint density at radius 2 is 1.52 bits per heavy atom. The number of nitrogens with zero attached hydrogens (tertiary/aromatic N) is 6. The molecule has 0 spiro atoms. The Labute approximate surface area is 351 Å². The third kappa shape index (κ3) is 10.1. The van der Waals surface area contributed by atoms with E-state index in [1.54, 1.807) is 27.8 Å². The van der Waals surface area contributed by atoms with Crippen LogP contribution in [-0.2, 0) is 43.7 Å². The first-order chi connectivity index (χ1) is 29.0. The van der Waals surface area contributed by atoms with Crippen molar-refractivity contribution < 1.29 is 37.9 Å². The van der Waals surface area contributed by atoms with Gasteiger partial charge in [0.15, 0.2) is 11.7 Å². The van der Waals surface area contributed by atoms with Gasteiger partial charge in [-0.15, -0.1) is 0 Å². The second kappa shape index (κ2) is 20.3. The number of oxazole rings is 1. The molecule has 16 nitrogen and oxygen atoms in total. The number of hydrogen-bond donors (Lipinski definition) is 1. The van der Waals surface area contributed by atoms with Gasteiger partial charge < -0.3 is 38.8 Å². The summed E-state index contributed by atoms with van der Waals surface area (Å²) in [6.07, 6.45) is 3.32. The minimum Gasteiger partial charge on any atom is -0.459 e. The molecular formula is C44H61N7O9. The first kappa shape index (κ1) is 44.2. The molecule has 4 aliphatic heterocycles. The number of piperidine rings is 2. The van der Waals surface area contributed by atoms with Gasteiger partial charge in [-0.25, -0.2) is 19.2 Å². The summed E-state index contributed by atoms with van der Waals surface area (Å²) in [4.78, 5) is 87.6. The molecule has 0 radical (unpaired) electrons. The molecule has 1 N–H and O–H groups in total. The van der Waals surface area contributed by atoms with E-state index in [9.17, 15) is 28.8 Å². The molecule has 326 valence electrons. The number of urea groups is 1. The van der Waals surface area contributed by atoms with E-state index in [0.29, 0.717) is 101 Å². The van der Waals surface area contributed by atoms with Crippen molar-refractivity contribution in [3.8, 4) is 0 Å². The minimum atomic E-state index is -1.12. The van der Waals surface area contributed by atoms with Gasteiger partial charge >= 0.3 is 29.8 Å². The van der Waals surface area contributed by atoms with E-state index in [1.807, 2.05) is 62.9 Å². The van der Waals surface area contributed by atoms with E-state index in [-0.39, 0.29) is 37.0 Å². The Hall–Kier alpha value is -5.38. The van der Waals surface area contributed by atoms with Crippen molar-refractivity contribution in [3.05, 3.63) is 63.6 Å². The number of nitrogens with one attached hydrogen (secondary N) is 1. The SMILES string of the molecule is CC.CCCCOC(=O)C(=O)N1CCC(N2CCN(C(=O)[C@@H](Cc3cc(C)c4c(c3)oc(=O)n4C)OC(=O)N3CCC(N4CCc5ccccc5NC4=O)CC3)CC2)CC1. The van der Waals surface area contributed by atoms with E-state index >= 15 is 0 Å². The summed E-state index contributed by atoms with van der Waals surface area (Å²) in [7, 11) is 1.64. The zero-order valence-corrected chi connectivity index (χ0v) is 35.8. The van der Waals surface area contributed by atoms with Crippen molar-refractivity contribution in [3.63, 3.8) is 0 Å². The third-order valence-electron chi connectivity index (χ3n) is 12.2. The van der Waals surface area contributed by atoms with Gasteiger partial charge in [0.05, 0.1) is 12.1 Å². The van der Waals surface area contributed by atoms with E-state index in [4.69, 9.17) is 13.9 Å². The molecule has 0 aliphatic carbocycles. The van der Waals surface area contributed by atoms with Crippen LogP contribution in [0, 0.1) is 6.92 Å². The smallest absolute Gasteiger partial charge is 0.419 e. The average molecular weight is 832 g/mol. The number of aromatic nitrogens is 1. The van der Waals surface area contributed by atoms with Crippen LogP contribution in [0.3, 0.4) is 0 Å². The molecule has 0 bridgehead atoms. The van der Waals surface area contributed by atoms with Crippen molar-refractivity contribution in [1.29, 1.82) is 0 Å². The van der Waals surface area contributed by atoms with Crippen molar-refractivity contribution >= 4 is 46.7 Å². The van der Waals surface area contributed by atoms with Crippen LogP contribution in [0.25, 0.3) is 11.1 Å². The fraction of sp³-hybridized carbons (Fsp3) is 0.591. The van der Waals surface area contributed by atoms with Gasteiger partial charge in [0, 0.05) is 90.1 Å². The van der Waals surface area contributed by atoms with Gasteiger partial charge in [0.1, 0.15) is 0 Å². The predicted octanol–water partition coefficient (Wildman–Crippen LogP) is 4.55. The summed E-state index contributed by atoms with van der Waals surface area (Å²) in [6.45, 7) is 12.5. The largest absolute Gasteiger partial charge is 0.459 e. The first-order valence-electron chi connectivity index (χ1n) is 21.7. The van der Waals surface area contributed by atoms with E-state index < -0.39 is 29.8 Å². The number of piperazine rings is 1. The number of hydrogen-bond acceptors (Lipinski definition) is 10. The molecule has 3 aromatic rings. The monoisotopic (exact) mass is 831 g/mol. The quantitative estimate of drug-likeness (QED) is 0.184. The van der Waals surface area contributed by atoms with Gasteiger partial charge in [-0.05, 0) is 74.3 Å². The van der Waals surface area contributed by atoms with Crippen LogP contribution in [-0.4, -0.2) is 143 Å². The van der Waals surface area contributed by atoms with E-state index in [1.165, 1.54) is 4.57 Å². The number of aryl methyl sites for hydroxylation is 2. The van der Waals surface area contributed by atoms with Gasteiger partial charge in [0.25, 0.3) is 5.91 Å². The number of carbonyl (C=O) groups excluding carboxylic acids is 5. The second-order valence-corrected chi connectivity index (χ2v) is 15.9. The number of para-hydroxylation sites is 1. The van der Waals surface area contributed by atoms with Gasteiger partial charge in [-0.2, -0.15) is 0 Å². The summed E-state index contributed by atoms with van der Waals surface area (Å²) in [6, 6.07) is 11.5. The number of likely N-dealkylation sites (tertiary alicyclic amines) is 2. The summed E-state index contributed by atoms with van der Waals surface area (Å²) in [5.74, 6) is -2.16. The number of carbonyl (C=O) groups is 5. The topological polar surface area (TPSA) is 167 Å². The second-order valence-electron chi connectivity index (χ2n) is 15.9. The number of amides is 5. The molecule has 3 saturated heterocycles. The minimum absolute atomic E-state index is 0.0397. The summed E-state index contributed by atoms with van der Waals surface area (Å²) >= 11 is 0. The van der Waals surface area contributed by atoms with Crippen molar-refractivity contribution in [2.24, 2.45) is 7.05 Å². The Kier molecular flexibility index (Phi) is 14.9. The highest BCUT2D eigenvalue weighted by atomic mass is 16.6. The zero-order valence-electron chi connectivity index (χ0n) is 35.8. The molecule has 2 aromatic carbocycles. The Balaban J connectivity index is 0.00000297. The standard InChI is InChI=1S/C42H55N7O9.C2H6/c1-4-5-24-56-39(52)38(51)46-15-11-31(12-16-46)45-20-22-47(23-21-45)37(50)35(27-29-25-28(2)36-34(26-29)57-41(54)44(36)3)58-42(55)48-17-13-32(14-18-48)49-19-10-30-8-6-7-9-33(30)43-40(49)53;1-2/h6-9,25-26,31-32,35H,4-5,10-24,27H2,1-3H3,(H,43,53);1-2H3/t35-;/m1./s1. The number of fused-ring (bicyclic) bond motifs is 2. The van der Waals surface area contributed by atoms with Crippen molar-refractivity contribution in [2.75, 3.05) is 70.8 Å². The van der Waals surface area contributed by atoms with Gasteiger partial charge in [-0.3, -0.25) is 19.1 Å². The van der Waals surface area contributed by atoms with Crippen molar-refractivity contribution in [2.45, 2.75) is 97.2 Å². The highest BCUT2D eigenvalue weighted by Gasteiger charge is 2.37. The molecule has 1 aromatic heterocycles. The molecule has 1 atom stereocenters. The molecule has 60 heavy (non-hydrogen) atoms. The maximum absolute atomic E-state index is 14.3. The number of rotatable bonds is 9. The zero-order chi connectivity index (χ0) is 42.9. The molecule has 0 saturated carbocycles. The highest BCUT2D eigenvalue weighted by Crippen LogP contribution is 2.27. The first-order valence-corrected chi connectivity index (χ1v) is 21.7. The van der Waals surface area contributed by atoms with Crippen LogP contribution in [0.1, 0.15) is 76.0 Å². The fourth-order valence-electron chi connectivity index (χ4n) is 8.83. The maximum atomic E-state index is 14.3. The van der Waals surface area contributed by atoms with Crippen LogP contribution < -0.4 is 11.1 Å². The van der Waals surface area contributed by atoms with E-state index in [0.717, 1.165) is 36.1 Å². The molecule has 0 unspecified atom stereocenters. The maximum Gasteiger partial charge on any atom is 0.419 e. The summed E-state index contributed by atoms with van der Waals surface area (Å²) < 4.78 is 18.1. The molecule has 4 aliphatic rings. The van der Waals surface area contributed by atoms with Crippen molar-refractivity contribution in [1.82, 2.24) is 29.1 Å². The third-order valence-corrected chi connectivity index (χ3v) is 12.2. The molecule has 3 fully saturated rings. The fourth-order valence-corrected chi connectivity index (χ4v) is 8.83. The molecule has 5 heterocycles. The van der Waals surface area contributed by atoms with Crippen LogP contribution in [0.5, 0.6) is 0 Å². The highest BCUT2D eigenvalue weighted by molar-refractivity contribution is 6.32. The lowest BCUT2D eigenvalue weighted by molar-refractivity contribution is -0.161. The Morgan fingerprint density at radius 1 is 0.850 bits per heavy atom. The van der Waals surface area contributed by atoms with Gasteiger partial charge in [0.2, 0.25) is 0 Å². The Morgan fingerprint density at radius 3 is 2.22 bits per heavy atom. The lowest BCUT2D eigenvalue weighted by Crippen LogP contribution is -2.57. The summed E-state index contributed by atoms with van der Waals surface area (Å²) in [5, 5.41) is 3.04. The van der Waals surface area contributed by atoms with Crippen LogP contribution in [0.15, 0.2) is 45.6 Å². The molecule has 7 rings (SSSR count).